The van der Waals surface area contributed by atoms with Crippen molar-refractivity contribution in [2.75, 3.05) is 0 Å². The first-order valence-electron chi connectivity index (χ1n) is 5.86. The molecule has 0 spiro atoms. The van der Waals surface area contributed by atoms with Gasteiger partial charge in [-0.1, -0.05) is 36.4 Å². The first-order valence-corrected chi connectivity index (χ1v) is 5.86. The van der Waals surface area contributed by atoms with Crippen molar-refractivity contribution in [1.82, 2.24) is 0 Å². The van der Waals surface area contributed by atoms with Crippen molar-refractivity contribution in [3.05, 3.63) is 48.6 Å². The van der Waals surface area contributed by atoms with Gasteiger partial charge in [-0.3, -0.25) is 4.79 Å². The van der Waals surface area contributed by atoms with Gasteiger partial charge in [-0.2, -0.15) is 0 Å². The molecule has 4 heteroatoms. The average molecular weight is 248 g/mol. The molecule has 0 aliphatic carbocycles. The molecule has 4 nitrogen and oxygen atoms in total. The third-order valence-electron chi connectivity index (χ3n) is 3.21. The molecule has 0 bridgehead atoms. The number of aliphatic hydroxyl groups excluding tert-OH is 2. The minimum atomic E-state index is -1.15. The number of hydrogen-bond donors (Lipinski definition) is 2. The number of ether oxygens (including phenoxy) is 1. The minimum Gasteiger partial charge on any atom is -0.459 e. The van der Waals surface area contributed by atoms with Crippen molar-refractivity contribution in [3.8, 4) is 0 Å². The summed E-state index contributed by atoms with van der Waals surface area (Å²) < 4.78 is 5.12. The fourth-order valence-electron chi connectivity index (χ4n) is 2.23. The normalized spacial score (nSPS) is 26.4. The van der Waals surface area contributed by atoms with Crippen LogP contribution in [0, 0.1) is 0 Å². The number of benzene rings is 1. The SMILES string of the molecule is C=C[C@H](O)[C@@H](O)[C@@H]1OC(=O)C[C@H]1c1ccccc1. The van der Waals surface area contributed by atoms with Gasteiger partial charge < -0.3 is 14.9 Å². The first-order chi connectivity index (χ1) is 8.63. The lowest BCUT2D eigenvalue weighted by Gasteiger charge is -2.25. The maximum absolute atomic E-state index is 11.4. The molecule has 1 aliphatic rings. The molecule has 0 aromatic heterocycles. The molecule has 0 saturated carbocycles. The molecule has 1 aromatic carbocycles. The number of cyclic esters (lactones) is 1. The molecule has 1 aromatic rings. The summed E-state index contributed by atoms with van der Waals surface area (Å²) in [7, 11) is 0. The van der Waals surface area contributed by atoms with Crippen molar-refractivity contribution < 1.29 is 19.7 Å². The molecule has 0 unspecified atom stereocenters. The number of carbonyl (C=O) groups is 1. The molecule has 1 saturated heterocycles. The number of aliphatic hydroxyl groups is 2. The molecular formula is C14H16O4. The summed E-state index contributed by atoms with van der Waals surface area (Å²) >= 11 is 0. The van der Waals surface area contributed by atoms with Crippen LogP contribution in [-0.2, 0) is 9.53 Å². The fraction of sp³-hybridized carbons (Fsp3) is 0.357. The topological polar surface area (TPSA) is 66.8 Å². The van der Waals surface area contributed by atoms with Gasteiger partial charge in [0.15, 0.2) is 0 Å². The molecule has 0 amide bonds. The van der Waals surface area contributed by atoms with Crippen LogP contribution < -0.4 is 0 Å². The van der Waals surface area contributed by atoms with Gasteiger partial charge >= 0.3 is 5.97 Å². The standard InChI is InChI=1S/C14H16O4/c1-2-11(15)13(17)14-10(8-12(16)18-14)9-6-4-3-5-7-9/h2-7,10-11,13-15,17H,1,8H2/t10-,11-,13+,14+/m0/s1. The summed E-state index contributed by atoms with van der Waals surface area (Å²) in [6.45, 7) is 3.42. The van der Waals surface area contributed by atoms with Gasteiger partial charge in [0.1, 0.15) is 18.3 Å². The van der Waals surface area contributed by atoms with Crippen molar-refractivity contribution in [3.63, 3.8) is 0 Å². The fourth-order valence-corrected chi connectivity index (χ4v) is 2.23. The van der Waals surface area contributed by atoms with Crippen molar-refractivity contribution in [2.24, 2.45) is 0 Å². The molecule has 1 aliphatic heterocycles. The van der Waals surface area contributed by atoms with E-state index in [0.717, 1.165) is 5.56 Å². The highest BCUT2D eigenvalue weighted by molar-refractivity contribution is 5.73. The minimum absolute atomic E-state index is 0.218. The molecule has 1 fully saturated rings. The van der Waals surface area contributed by atoms with E-state index in [1.165, 1.54) is 6.08 Å². The Morgan fingerprint density at radius 1 is 1.33 bits per heavy atom. The van der Waals surface area contributed by atoms with Gasteiger partial charge in [0.2, 0.25) is 0 Å². The predicted octanol–water partition coefficient (Wildman–Crippen LogP) is 0.993. The second kappa shape index (κ2) is 5.33. The zero-order valence-corrected chi connectivity index (χ0v) is 9.90. The van der Waals surface area contributed by atoms with E-state index in [1.54, 1.807) is 0 Å². The van der Waals surface area contributed by atoms with Crippen LogP contribution in [0.1, 0.15) is 17.9 Å². The Kier molecular flexibility index (Phi) is 3.79. The van der Waals surface area contributed by atoms with Crippen LogP contribution in [0.2, 0.25) is 0 Å². The number of esters is 1. The second-order valence-corrected chi connectivity index (χ2v) is 4.39. The van der Waals surface area contributed by atoms with Gasteiger partial charge in [0, 0.05) is 5.92 Å². The molecule has 96 valence electrons. The van der Waals surface area contributed by atoms with Gasteiger partial charge in [0.05, 0.1) is 6.42 Å². The largest absolute Gasteiger partial charge is 0.459 e. The Morgan fingerprint density at radius 2 is 2.00 bits per heavy atom. The van der Waals surface area contributed by atoms with Crippen LogP contribution in [0.5, 0.6) is 0 Å². The Hall–Kier alpha value is -1.65. The van der Waals surface area contributed by atoms with Gasteiger partial charge in [-0.25, -0.2) is 0 Å². The van der Waals surface area contributed by atoms with Crippen LogP contribution in [0.4, 0.5) is 0 Å². The Balaban J connectivity index is 2.23. The highest BCUT2D eigenvalue weighted by Gasteiger charge is 2.42. The molecule has 4 atom stereocenters. The highest BCUT2D eigenvalue weighted by Crippen LogP contribution is 2.34. The smallest absolute Gasteiger partial charge is 0.306 e. The summed E-state index contributed by atoms with van der Waals surface area (Å²) in [5.74, 6) is -0.590. The molecule has 2 rings (SSSR count). The third-order valence-corrected chi connectivity index (χ3v) is 3.21. The Labute approximate surface area is 106 Å². The van der Waals surface area contributed by atoms with Crippen LogP contribution >= 0.6 is 0 Å². The first kappa shape index (κ1) is 12.8. The lowest BCUT2D eigenvalue weighted by Crippen LogP contribution is -2.38. The van der Waals surface area contributed by atoms with Gasteiger partial charge in [-0.15, -0.1) is 6.58 Å². The number of hydrogen-bond acceptors (Lipinski definition) is 4. The summed E-state index contributed by atoms with van der Waals surface area (Å²) in [6.07, 6.45) is -1.53. The predicted molar refractivity (Wildman–Crippen MR) is 65.9 cm³/mol. The van der Waals surface area contributed by atoms with Crippen LogP contribution in [-0.4, -0.2) is 34.5 Å². The average Bonchev–Trinajstić information content (AvgIpc) is 2.80. The lowest BCUT2D eigenvalue weighted by molar-refractivity contribution is -0.148. The second-order valence-electron chi connectivity index (χ2n) is 4.39. The maximum atomic E-state index is 11.4. The third kappa shape index (κ3) is 2.44. The Morgan fingerprint density at radius 3 is 2.61 bits per heavy atom. The van der Waals surface area contributed by atoms with Crippen LogP contribution in [0.25, 0.3) is 0 Å². The van der Waals surface area contributed by atoms with E-state index in [4.69, 9.17) is 4.74 Å². The van der Waals surface area contributed by atoms with Gasteiger partial charge in [-0.05, 0) is 5.56 Å². The van der Waals surface area contributed by atoms with Crippen molar-refractivity contribution in [1.29, 1.82) is 0 Å². The summed E-state index contributed by atoms with van der Waals surface area (Å²) in [5, 5.41) is 19.5. The maximum Gasteiger partial charge on any atom is 0.306 e. The van der Waals surface area contributed by atoms with E-state index in [9.17, 15) is 15.0 Å². The zero-order valence-electron chi connectivity index (χ0n) is 9.90. The molecule has 2 N–H and O–H groups in total. The van der Waals surface area contributed by atoms with Gasteiger partial charge in [0.25, 0.3) is 0 Å². The van der Waals surface area contributed by atoms with E-state index in [2.05, 4.69) is 6.58 Å². The van der Waals surface area contributed by atoms with Crippen LogP contribution in [0.3, 0.4) is 0 Å². The van der Waals surface area contributed by atoms with E-state index in [1.807, 2.05) is 30.3 Å². The van der Waals surface area contributed by atoms with Crippen LogP contribution in [0.15, 0.2) is 43.0 Å². The van der Waals surface area contributed by atoms with E-state index >= 15 is 0 Å². The molecule has 0 radical (unpaired) electrons. The molecule has 18 heavy (non-hydrogen) atoms. The number of rotatable bonds is 4. The summed E-state index contributed by atoms with van der Waals surface area (Å²) in [5.41, 5.74) is 0.920. The quantitative estimate of drug-likeness (QED) is 0.616. The summed E-state index contributed by atoms with van der Waals surface area (Å²) in [4.78, 5) is 11.4. The number of carbonyl (C=O) groups excluding carboxylic acids is 1. The lowest BCUT2D eigenvalue weighted by atomic mass is 9.88. The van der Waals surface area contributed by atoms with E-state index in [0.29, 0.717) is 0 Å². The monoisotopic (exact) mass is 248 g/mol. The highest BCUT2D eigenvalue weighted by atomic mass is 16.6. The van der Waals surface area contributed by atoms with Crippen molar-refractivity contribution >= 4 is 5.97 Å². The van der Waals surface area contributed by atoms with E-state index in [-0.39, 0.29) is 18.3 Å². The van der Waals surface area contributed by atoms with E-state index < -0.39 is 18.3 Å². The Bertz CT molecular complexity index is 429. The molecular weight excluding hydrogens is 232 g/mol. The molecule has 1 heterocycles. The summed E-state index contributed by atoms with van der Waals surface area (Å²) in [6, 6.07) is 9.38. The zero-order chi connectivity index (χ0) is 13.1. The van der Waals surface area contributed by atoms with Crippen molar-refractivity contribution in [2.45, 2.75) is 30.7 Å².